The van der Waals surface area contributed by atoms with E-state index in [2.05, 4.69) is 16.0 Å². The van der Waals surface area contributed by atoms with Crippen molar-refractivity contribution in [1.29, 1.82) is 0 Å². The molecule has 1 aromatic rings. The maximum atomic E-state index is 12.4. The molecule has 3 atom stereocenters. The number of carbonyl (C=O) groups is 4. The van der Waals surface area contributed by atoms with E-state index in [9.17, 15) is 32.1 Å². The molecule has 1 heterocycles. The summed E-state index contributed by atoms with van der Waals surface area (Å²) in [5.74, 6) is -3.30. The average molecular weight is 449 g/mol. The van der Waals surface area contributed by atoms with Crippen molar-refractivity contribution in [3.05, 3.63) is 35.9 Å². The van der Waals surface area contributed by atoms with Gasteiger partial charge in [0.05, 0.1) is 13.0 Å². The summed E-state index contributed by atoms with van der Waals surface area (Å²) < 4.78 is 32.6. The summed E-state index contributed by atoms with van der Waals surface area (Å²) in [5, 5.41) is 6.87. The first-order chi connectivity index (χ1) is 13.5. The Labute approximate surface area is 195 Å². The van der Waals surface area contributed by atoms with Crippen molar-refractivity contribution in [2.75, 3.05) is 13.6 Å². The molecule has 0 spiro atoms. The molecular formula is C16H20N5NaO7S. The molecule has 1 saturated heterocycles. The zero-order valence-electron chi connectivity index (χ0n) is 16.3. The number of hydrogen-bond acceptors (Lipinski definition) is 8. The van der Waals surface area contributed by atoms with Gasteiger partial charge >= 0.3 is 29.6 Å². The molecule has 0 aliphatic carbocycles. The van der Waals surface area contributed by atoms with E-state index in [1.54, 1.807) is 30.3 Å². The normalized spacial score (nSPS) is 17.6. The molecule has 12 nitrogen and oxygen atoms in total. The third-order valence-electron chi connectivity index (χ3n) is 4.22. The van der Waals surface area contributed by atoms with Crippen LogP contribution in [-0.2, 0) is 29.5 Å². The molecule has 0 radical (unpaired) electrons. The summed E-state index contributed by atoms with van der Waals surface area (Å²) in [6.07, 6.45) is -0.444. The molecule has 0 bridgehead atoms. The molecule has 30 heavy (non-hydrogen) atoms. The topological polar surface area (TPSA) is 191 Å². The summed E-state index contributed by atoms with van der Waals surface area (Å²) in [4.78, 5) is 48.3. The van der Waals surface area contributed by atoms with E-state index in [4.69, 9.17) is 5.73 Å². The second-order valence-electron chi connectivity index (χ2n) is 6.22. The van der Waals surface area contributed by atoms with Crippen LogP contribution in [0.25, 0.3) is 0 Å². The number of rotatable bonds is 8. The van der Waals surface area contributed by atoms with Crippen LogP contribution in [0.4, 0.5) is 0 Å². The van der Waals surface area contributed by atoms with Crippen LogP contribution in [0.1, 0.15) is 18.0 Å². The zero-order chi connectivity index (χ0) is 21.8. The van der Waals surface area contributed by atoms with Crippen LogP contribution in [0.3, 0.4) is 0 Å². The van der Waals surface area contributed by atoms with Crippen molar-refractivity contribution in [3.8, 4) is 0 Å². The number of nitrogens with one attached hydrogen (secondary N) is 3. The minimum atomic E-state index is -4.96. The fraction of sp³-hybridized carbons (Fsp3) is 0.375. The van der Waals surface area contributed by atoms with Crippen LogP contribution in [0, 0.1) is 0 Å². The van der Waals surface area contributed by atoms with Crippen LogP contribution in [-0.4, -0.2) is 66.6 Å². The van der Waals surface area contributed by atoms with Crippen molar-refractivity contribution in [2.24, 2.45) is 5.73 Å². The number of β-lactam (4-membered cyclic amide) rings is 1. The van der Waals surface area contributed by atoms with Gasteiger partial charge in [-0.2, -0.15) is 0 Å². The molecule has 0 saturated carbocycles. The molecule has 1 aromatic carbocycles. The van der Waals surface area contributed by atoms with Gasteiger partial charge in [0.25, 0.3) is 5.91 Å². The Kier molecular flexibility index (Phi) is 9.39. The summed E-state index contributed by atoms with van der Waals surface area (Å²) in [6.45, 7) is -0.527. The fourth-order valence-corrected chi connectivity index (χ4v) is 3.23. The fourth-order valence-electron chi connectivity index (χ4n) is 2.55. The number of nitrogens with zero attached hydrogens (tertiary/aromatic N) is 1. The van der Waals surface area contributed by atoms with Crippen LogP contribution >= 0.6 is 0 Å². The first-order valence-electron chi connectivity index (χ1n) is 8.44. The summed E-state index contributed by atoms with van der Waals surface area (Å²) >= 11 is 0. The monoisotopic (exact) mass is 449 g/mol. The van der Waals surface area contributed by atoms with Crippen molar-refractivity contribution < 1.29 is 61.7 Å². The Hall–Kier alpha value is -2.03. The second kappa shape index (κ2) is 10.8. The molecular weight excluding hydrogens is 429 g/mol. The third-order valence-corrected chi connectivity index (χ3v) is 5.09. The number of amides is 4. The Bertz CT molecular complexity index is 912. The molecule has 1 aliphatic rings. The first-order valence-corrected chi connectivity index (χ1v) is 9.80. The number of benzene rings is 1. The van der Waals surface area contributed by atoms with Gasteiger partial charge < -0.3 is 26.2 Å². The van der Waals surface area contributed by atoms with Gasteiger partial charge in [0.2, 0.25) is 17.7 Å². The molecule has 4 amide bonds. The second-order valence-corrected chi connectivity index (χ2v) is 7.51. The zero-order valence-corrected chi connectivity index (χ0v) is 19.1. The standard InChI is InChI=1S/C16H21N5O7S.Na/c1-18-12(22)7-10(19-15(24)13(17)9-5-3-2-4-6-9)14(23)20-11-8-21(16(11)25)29(26,27)28;/h2-6,10-11,13H,7-8,17H2,1H3,(H,18,22)(H,19,24)(H,20,23)(H,26,27,28);/q;+1/p-1/t10?,11?,13-;/m1./s1. The van der Waals surface area contributed by atoms with Gasteiger partial charge in [-0.3, -0.25) is 19.2 Å². The molecule has 0 aromatic heterocycles. The maximum Gasteiger partial charge on any atom is 1.00 e. The van der Waals surface area contributed by atoms with Gasteiger partial charge in [0.1, 0.15) is 18.1 Å². The smallest absolute Gasteiger partial charge is 0.731 e. The van der Waals surface area contributed by atoms with E-state index in [1.165, 1.54) is 7.05 Å². The summed E-state index contributed by atoms with van der Waals surface area (Å²) in [5.41, 5.74) is 6.35. The molecule has 1 aliphatic heterocycles. The van der Waals surface area contributed by atoms with Crippen molar-refractivity contribution in [2.45, 2.75) is 24.5 Å². The van der Waals surface area contributed by atoms with Gasteiger partial charge in [-0.05, 0) is 5.56 Å². The Morgan fingerprint density at radius 1 is 1.23 bits per heavy atom. The van der Waals surface area contributed by atoms with Crippen molar-refractivity contribution in [1.82, 2.24) is 20.3 Å². The SMILES string of the molecule is CNC(=O)CC(NC(=O)[C@H](N)c1ccccc1)C(=O)NC1CN(S(=O)(=O)[O-])C1=O.[Na+]. The molecule has 1 fully saturated rings. The number of hydrogen-bond donors (Lipinski definition) is 4. The van der Waals surface area contributed by atoms with Gasteiger partial charge in [0.15, 0.2) is 10.3 Å². The van der Waals surface area contributed by atoms with E-state index < -0.39 is 65.0 Å². The first kappa shape index (κ1) is 26.0. The number of nitrogens with two attached hydrogens (primary N) is 1. The van der Waals surface area contributed by atoms with Crippen LogP contribution in [0.5, 0.6) is 0 Å². The molecule has 14 heteroatoms. The Morgan fingerprint density at radius 3 is 2.33 bits per heavy atom. The van der Waals surface area contributed by atoms with E-state index in [-0.39, 0.29) is 33.9 Å². The van der Waals surface area contributed by atoms with E-state index in [0.717, 1.165) is 0 Å². The minimum Gasteiger partial charge on any atom is -0.731 e. The third kappa shape index (κ3) is 6.48. The molecule has 2 rings (SSSR count). The molecule has 2 unspecified atom stereocenters. The quantitative estimate of drug-likeness (QED) is 0.171. The van der Waals surface area contributed by atoms with Crippen LogP contribution in [0.2, 0.25) is 0 Å². The van der Waals surface area contributed by atoms with E-state index >= 15 is 0 Å². The van der Waals surface area contributed by atoms with Crippen LogP contribution in [0.15, 0.2) is 30.3 Å². The van der Waals surface area contributed by atoms with E-state index in [1.807, 2.05) is 0 Å². The predicted octanol–water partition coefficient (Wildman–Crippen LogP) is -5.90. The van der Waals surface area contributed by atoms with Gasteiger partial charge in [-0.1, -0.05) is 30.3 Å². The van der Waals surface area contributed by atoms with Crippen molar-refractivity contribution >= 4 is 33.9 Å². The Balaban J connectivity index is 0.00000450. The summed E-state index contributed by atoms with van der Waals surface area (Å²) in [7, 11) is -3.62. The van der Waals surface area contributed by atoms with Gasteiger partial charge in [-0.25, -0.2) is 12.7 Å². The molecule has 5 N–H and O–H groups in total. The predicted molar refractivity (Wildman–Crippen MR) is 97.3 cm³/mol. The average Bonchev–Trinajstić information content (AvgIpc) is 2.68. The largest absolute Gasteiger partial charge is 1.00 e. The number of carbonyl (C=O) groups excluding carboxylic acids is 4. The van der Waals surface area contributed by atoms with Crippen LogP contribution < -0.4 is 51.2 Å². The van der Waals surface area contributed by atoms with E-state index in [0.29, 0.717) is 5.56 Å². The summed E-state index contributed by atoms with van der Waals surface area (Å²) in [6, 6.07) is 4.58. The van der Waals surface area contributed by atoms with Gasteiger partial charge in [-0.15, -0.1) is 0 Å². The maximum absolute atomic E-state index is 12.4. The minimum absolute atomic E-state index is 0. The molecule has 158 valence electrons. The van der Waals surface area contributed by atoms with Gasteiger partial charge in [0, 0.05) is 7.05 Å². The Morgan fingerprint density at radius 2 is 1.83 bits per heavy atom. The van der Waals surface area contributed by atoms with Crippen molar-refractivity contribution in [3.63, 3.8) is 0 Å².